The molecule has 0 aliphatic rings. The zero-order valence-corrected chi connectivity index (χ0v) is 13.8. The van der Waals surface area contributed by atoms with Crippen LogP contribution in [0, 0.1) is 0 Å². The van der Waals surface area contributed by atoms with Crippen molar-refractivity contribution in [3.63, 3.8) is 0 Å². The summed E-state index contributed by atoms with van der Waals surface area (Å²) in [5.41, 5.74) is -1.87. The van der Waals surface area contributed by atoms with Gasteiger partial charge >= 0.3 is 0 Å². The van der Waals surface area contributed by atoms with Crippen molar-refractivity contribution in [1.82, 2.24) is 0 Å². The molecule has 1 heterocycles. The molecule has 5 aromatic rings. The van der Waals surface area contributed by atoms with Gasteiger partial charge in [0.1, 0.15) is 5.75 Å². The molecular formula is C20H8O5S. The highest BCUT2D eigenvalue weighted by atomic mass is 32.1. The van der Waals surface area contributed by atoms with Gasteiger partial charge in [-0.3, -0.25) is 19.2 Å². The van der Waals surface area contributed by atoms with Crippen LogP contribution < -0.4 is 21.7 Å². The quantitative estimate of drug-likeness (QED) is 0.458. The van der Waals surface area contributed by atoms with Gasteiger partial charge in [-0.15, -0.1) is 11.3 Å². The molecule has 5 rings (SSSR count). The zero-order chi connectivity index (χ0) is 18.2. The number of rotatable bonds is 0. The lowest BCUT2D eigenvalue weighted by atomic mass is 10.0. The van der Waals surface area contributed by atoms with E-state index in [4.69, 9.17) is 0 Å². The third kappa shape index (κ3) is 1.64. The standard InChI is InChI=1S/C20H8O5S/c21-11-7-3-6-10-12(11)18(25)20-14(16(10)23)13-15(22)8-4-1-2-5-9(8)17(24)19(13)26-20/h1-7,21H. The van der Waals surface area contributed by atoms with Crippen molar-refractivity contribution in [2.75, 3.05) is 0 Å². The van der Waals surface area contributed by atoms with E-state index >= 15 is 0 Å². The molecule has 0 atom stereocenters. The van der Waals surface area contributed by atoms with Crippen LogP contribution in [0.15, 0.2) is 61.6 Å². The van der Waals surface area contributed by atoms with Crippen LogP contribution in [0.25, 0.3) is 41.7 Å². The van der Waals surface area contributed by atoms with Crippen molar-refractivity contribution in [1.29, 1.82) is 0 Å². The Labute approximate surface area is 147 Å². The molecule has 0 aliphatic heterocycles. The van der Waals surface area contributed by atoms with Crippen LogP contribution in [0.4, 0.5) is 0 Å². The number of fused-ring (bicyclic) bond motifs is 5. The van der Waals surface area contributed by atoms with E-state index in [2.05, 4.69) is 0 Å². The number of aromatic hydroxyl groups is 1. The summed E-state index contributed by atoms with van der Waals surface area (Å²) < 4.78 is 0.135. The Morgan fingerprint density at radius 2 is 1.12 bits per heavy atom. The molecule has 4 aromatic carbocycles. The Kier molecular flexibility index (Phi) is 2.77. The number of phenolic OH excluding ortho intramolecular Hbond substituents is 1. The monoisotopic (exact) mass is 360 g/mol. The van der Waals surface area contributed by atoms with Crippen molar-refractivity contribution in [2.45, 2.75) is 0 Å². The maximum atomic E-state index is 13.0. The van der Waals surface area contributed by atoms with Crippen molar-refractivity contribution in [3.05, 3.63) is 83.4 Å². The summed E-state index contributed by atoms with van der Waals surface area (Å²) in [6.45, 7) is 0. The van der Waals surface area contributed by atoms with Crippen molar-refractivity contribution < 1.29 is 5.11 Å². The Hall–Kier alpha value is -3.38. The van der Waals surface area contributed by atoms with Crippen molar-refractivity contribution in [2.24, 2.45) is 0 Å². The minimum absolute atomic E-state index is 0.000966. The Bertz CT molecular complexity index is 1620. The highest BCUT2D eigenvalue weighted by molar-refractivity contribution is 7.25. The lowest BCUT2D eigenvalue weighted by Crippen LogP contribution is -2.15. The van der Waals surface area contributed by atoms with E-state index in [1.165, 1.54) is 24.3 Å². The van der Waals surface area contributed by atoms with Gasteiger partial charge in [0, 0.05) is 16.2 Å². The third-order valence-electron chi connectivity index (χ3n) is 4.71. The van der Waals surface area contributed by atoms with Gasteiger partial charge in [0.2, 0.25) is 10.9 Å². The van der Waals surface area contributed by atoms with Crippen LogP contribution in [0.2, 0.25) is 0 Å². The molecule has 0 saturated heterocycles. The fraction of sp³-hybridized carbons (Fsp3) is 0. The molecule has 0 aliphatic carbocycles. The van der Waals surface area contributed by atoms with Gasteiger partial charge < -0.3 is 5.11 Å². The first-order valence-electron chi connectivity index (χ1n) is 7.77. The van der Waals surface area contributed by atoms with Gasteiger partial charge in [0.05, 0.1) is 25.6 Å². The summed E-state index contributed by atoms with van der Waals surface area (Å²) in [5.74, 6) is -0.293. The fourth-order valence-corrected chi connectivity index (χ4v) is 4.73. The van der Waals surface area contributed by atoms with Crippen LogP contribution in [0.5, 0.6) is 5.75 Å². The van der Waals surface area contributed by atoms with E-state index in [1.807, 2.05) is 0 Å². The summed E-state index contributed by atoms with van der Waals surface area (Å²) in [4.78, 5) is 51.6. The second-order valence-corrected chi connectivity index (χ2v) is 7.09. The first-order valence-corrected chi connectivity index (χ1v) is 8.59. The molecular weight excluding hydrogens is 352 g/mol. The second kappa shape index (κ2) is 4.83. The summed E-state index contributed by atoms with van der Waals surface area (Å²) >= 11 is 0.846. The molecule has 0 unspecified atom stereocenters. The van der Waals surface area contributed by atoms with Crippen molar-refractivity contribution in [3.8, 4) is 5.75 Å². The second-order valence-electron chi connectivity index (χ2n) is 6.07. The Morgan fingerprint density at radius 1 is 0.577 bits per heavy atom. The Morgan fingerprint density at radius 3 is 1.81 bits per heavy atom. The fourth-order valence-electron chi connectivity index (χ4n) is 3.54. The van der Waals surface area contributed by atoms with Crippen LogP contribution >= 0.6 is 11.3 Å². The molecule has 0 bridgehead atoms. The largest absolute Gasteiger partial charge is 0.507 e. The normalized spacial score (nSPS) is 11.8. The molecule has 1 N–H and O–H groups in total. The molecule has 0 radical (unpaired) electrons. The van der Waals surface area contributed by atoms with E-state index in [1.54, 1.807) is 18.2 Å². The molecule has 0 saturated carbocycles. The minimum atomic E-state index is -0.545. The van der Waals surface area contributed by atoms with Crippen LogP contribution in [-0.2, 0) is 0 Å². The summed E-state index contributed by atoms with van der Waals surface area (Å²) in [7, 11) is 0. The maximum Gasteiger partial charge on any atom is 0.208 e. The first kappa shape index (κ1) is 14.9. The average molecular weight is 360 g/mol. The SMILES string of the molecule is O=c1c2ccccc2c(=O)c2c1sc1c(=O)c3c(O)cccc3c(=O)c12. The summed E-state index contributed by atoms with van der Waals surface area (Å²) in [5, 5.41) is 10.4. The number of benzene rings is 4. The summed E-state index contributed by atoms with van der Waals surface area (Å²) in [6, 6.07) is 10.6. The molecule has 5 nitrogen and oxygen atoms in total. The van der Waals surface area contributed by atoms with Gasteiger partial charge in [-0.2, -0.15) is 0 Å². The zero-order valence-electron chi connectivity index (χ0n) is 13.0. The van der Waals surface area contributed by atoms with E-state index in [0.29, 0.717) is 0 Å². The highest BCUT2D eigenvalue weighted by Crippen LogP contribution is 2.30. The predicted octanol–water partition coefficient (Wildman–Crippen LogP) is 2.38. The van der Waals surface area contributed by atoms with Gasteiger partial charge in [-0.05, 0) is 6.07 Å². The van der Waals surface area contributed by atoms with Gasteiger partial charge in [0.15, 0.2) is 10.9 Å². The molecule has 124 valence electrons. The molecule has 0 spiro atoms. The maximum absolute atomic E-state index is 13.0. The number of thiophene rings is 1. The summed E-state index contributed by atoms with van der Waals surface area (Å²) in [6.07, 6.45) is 0. The minimum Gasteiger partial charge on any atom is -0.507 e. The van der Waals surface area contributed by atoms with Gasteiger partial charge in [-0.25, -0.2) is 0 Å². The van der Waals surface area contributed by atoms with E-state index in [-0.39, 0.29) is 52.9 Å². The van der Waals surface area contributed by atoms with Crippen molar-refractivity contribution >= 4 is 53.1 Å². The number of phenols is 1. The lowest BCUT2D eigenvalue weighted by molar-refractivity contribution is 0.481. The number of hydrogen-bond acceptors (Lipinski definition) is 6. The highest BCUT2D eigenvalue weighted by Gasteiger charge is 2.22. The molecule has 26 heavy (non-hydrogen) atoms. The topological polar surface area (TPSA) is 88.5 Å². The van der Waals surface area contributed by atoms with E-state index in [0.717, 1.165) is 11.3 Å². The smallest absolute Gasteiger partial charge is 0.208 e. The molecule has 0 fully saturated rings. The van der Waals surface area contributed by atoms with Crippen LogP contribution in [-0.4, -0.2) is 5.11 Å². The third-order valence-corrected chi connectivity index (χ3v) is 5.89. The van der Waals surface area contributed by atoms with E-state index < -0.39 is 16.3 Å². The van der Waals surface area contributed by atoms with E-state index in [9.17, 15) is 24.3 Å². The predicted molar refractivity (Wildman–Crippen MR) is 103 cm³/mol. The average Bonchev–Trinajstić information content (AvgIpc) is 3.06. The first-order chi connectivity index (χ1) is 12.5. The molecule has 1 aromatic heterocycles. The van der Waals surface area contributed by atoms with Gasteiger partial charge in [0.25, 0.3) is 0 Å². The van der Waals surface area contributed by atoms with Crippen LogP contribution in [0.3, 0.4) is 0 Å². The van der Waals surface area contributed by atoms with Crippen LogP contribution in [0.1, 0.15) is 0 Å². The lowest BCUT2D eigenvalue weighted by Gasteiger charge is -2.00. The molecule has 0 amide bonds. The number of hydrogen-bond donors (Lipinski definition) is 1. The molecule has 6 heteroatoms. The van der Waals surface area contributed by atoms with Gasteiger partial charge in [-0.1, -0.05) is 36.4 Å². The Balaban J connectivity index is 2.25.